The van der Waals surface area contributed by atoms with E-state index in [9.17, 15) is 9.90 Å². The lowest BCUT2D eigenvalue weighted by atomic mass is 9.81. The molecule has 1 rings (SSSR count). The number of hydrogen-bond donors (Lipinski definition) is 3. The van der Waals surface area contributed by atoms with Gasteiger partial charge in [0.15, 0.2) is 0 Å². The van der Waals surface area contributed by atoms with Gasteiger partial charge in [-0.05, 0) is 31.6 Å². The van der Waals surface area contributed by atoms with Gasteiger partial charge in [0.1, 0.15) is 0 Å². The third-order valence-corrected chi connectivity index (χ3v) is 4.89. The summed E-state index contributed by atoms with van der Waals surface area (Å²) >= 11 is 0. The van der Waals surface area contributed by atoms with Gasteiger partial charge in [-0.2, -0.15) is 0 Å². The molecule has 0 saturated heterocycles. The van der Waals surface area contributed by atoms with Crippen LogP contribution in [0.1, 0.15) is 58.8 Å². The normalized spacial score (nSPS) is 19.2. The largest absolute Gasteiger partial charge is 0.391 e. The van der Waals surface area contributed by atoms with E-state index in [0.717, 1.165) is 25.7 Å². The Labute approximate surface area is 117 Å². The maximum Gasteiger partial charge on any atom is 0.227 e. The van der Waals surface area contributed by atoms with E-state index in [4.69, 9.17) is 5.73 Å². The number of rotatable bonds is 7. The molecule has 1 aliphatic carbocycles. The van der Waals surface area contributed by atoms with Crippen LogP contribution in [0, 0.1) is 11.3 Å². The summed E-state index contributed by atoms with van der Waals surface area (Å²) in [7, 11) is 0. The molecule has 1 aliphatic rings. The highest BCUT2D eigenvalue weighted by Crippen LogP contribution is 2.27. The zero-order valence-electron chi connectivity index (χ0n) is 12.5. The Morgan fingerprint density at radius 2 is 1.89 bits per heavy atom. The summed E-state index contributed by atoms with van der Waals surface area (Å²) < 4.78 is 0. The fourth-order valence-electron chi connectivity index (χ4n) is 3.02. The van der Waals surface area contributed by atoms with E-state index in [-0.39, 0.29) is 5.91 Å². The van der Waals surface area contributed by atoms with Crippen molar-refractivity contribution in [1.82, 2.24) is 5.32 Å². The van der Waals surface area contributed by atoms with Crippen molar-refractivity contribution < 1.29 is 9.90 Å². The zero-order valence-corrected chi connectivity index (χ0v) is 12.5. The monoisotopic (exact) mass is 270 g/mol. The molecular weight excluding hydrogens is 240 g/mol. The molecule has 1 fully saturated rings. The predicted molar refractivity (Wildman–Crippen MR) is 77.7 cm³/mol. The van der Waals surface area contributed by atoms with Crippen LogP contribution in [0.5, 0.6) is 0 Å². The van der Waals surface area contributed by atoms with E-state index >= 15 is 0 Å². The van der Waals surface area contributed by atoms with E-state index in [2.05, 4.69) is 5.32 Å². The molecule has 0 aromatic rings. The number of aliphatic hydroxyl groups is 1. The highest BCUT2D eigenvalue weighted by molar-refractivity contribution is 5.82. The number of nitrogens with one attached hydrogen (secondary N) is 1. The Hall–Kier alpha value is -0.610. The molecule has 1 amide bonds. The second kappa shape index (κ2) is 7.85. The predicted octanol–water partition coefficient (Wildman–Crippen LogP) is 1.81. The van der Waals surface area contributed by atoms with Crippen LogP contribution in [0.4, 0.5) is 0 Å². The zero-order chi connectivity index (χ0) is 14.3. The summed E-state index contributed by atoms with van der Waals surface area (Å²) in [6.07, 6.45) is 6.92. The molecule has 112 valence electrons. The molecule has 4 heteroatoms. The van der Waals surface area contributed by atoms with Crippen LogP contribution < -0.4 is 11.1 Å². The molecule has 0 heterocycles. The first-order chi connectivity index (χ1) is 9.09. The minimum atomic E-state index is -0.466. The van der Waals surface area contributed by atoms with Gasteiger partial charge in [0.25, 0.3) is 0 Å². The molecule has 0 radical (unpaired) electrons. The lowest BCUT2D eigenvalue weighted by Crippen LogP contribution is -2.48. The van der Waals surface area contributed by atoms with Crippen LogP contribution in [0.15, 0.2) is 0 Å². The first-order valence-corrected chi connectivity index (χ1v) is 7.76. The maximum atomic E-state index is 12.2. The highest BCUT2D eigenvalue weighted by atomic mass is 16.3. The van der Waals surface area contributed by atoms with Gasteiger partial charge < -0.3 is 16.2 Å². The molecule has 0 spiro atoms. The Kier molecular flexibility index (Phi) is 6.80. The summed E-state index contributed by atoms with van der Waals surface area (Å²) in [5.74, 6) is 0.347. The van der Waals surface area contributed by atoms with Crippen molar-refractivity contribution >= 4 is 5.91 Å². The molecule has 1 unspecified atom stereocenters. The van der Waals surface area contributed by atoms with E-state index in [1.54, 1.807) is 0 Å². The molecule has 4 nitrogen and oxygen atoms in total. The Morgan fingerprint density at radius 1 is 1.32 bits per heavy atom. The van der Waals surface area contributed by atoms with Gasteiger partial charge in [-0.1, -0.05) is 33.1 Å². The summed E-state index contributed by atoms with van der Waals surface area (Å²) in [4.78, 5) is 12.2. The number of aliphatic hydroxyl groups excluding tert-OH is 1. The van der Waals surface area contributed by atoms with Crippen LogP contribution in [0.25, 0.3) is 0 Å². The van der Waals surface area contributed by atoms with Gasteiger partial charge >= 0.3 is 0 Å². The third kappa shape index (κ3) is 4.18. The van der Waals surface area contributed by atoms with Crippen LogP contribution >= 0.6 is 0 Å². The van der Waals surface area contributed by atoms with Crippen molar-refractivity contribution in [3.05, 3.63) is 0 Å². The van der Waals surface area contributed by atoms with Crippen molar-refractivity contribution in [3.8, 4) is 0 Å². The van der Waals surface area contributed by atoms with Gasteiger partial charge in [-0.3, -0.25) is 4.79 Å². The van der Waals surface area contributed by atoms with E-state index < -0.39 is 11.5 Å². The number of amides is 1. The van der Waals surface area contributed by atoms with Crippen LogP contribution in [0.3, 0.4) is 0 Å². The third-order valence-electron chi connectivity index (χ3n) is 4.89. The van der Waals surface area contributed by atoms with Gasteiger partial charge in [0, 0.05) is 13.1 Å². The van der Waals surface area contributed by atoms with Gasteiger partial charge in [0.05, 0.1) is 11.5 Å². The molecule has 0 aromatic heterocycles. The molecule has 0 aromatic carbocycles. The van der Waals surface area contributed by atoms with Crippen molar-refractivity contribution in [3.63, 3.8) is 0 Å². The summed E-state index contributed by atoms with van der Waals surface area (Å²) in [6, 6.07) is 0. The second-order valence-corrected chi connectivity index (χ2v) is 5.87. The number of carbonyl (C=O) groups is 1. The standard InChI is InChI=1S/C15H30N2O2/c1-3-15(4-2,11-16)14(19)17-10-13(18)12-8-6-5-7-9-12/h12-13,18H,3-11,16H2,1-2H3,(H,17,19). The number of carbonyl (C=O) groups excluding carboxylic acids is 1. The summed E-state index contributed by atoms with van der Waals surface area (Å²) in [6.45, 7) is 4.72. The Bertz CT molecular complexity index is 263. The van der Waals surface area contributed by atoms with Crippen molar-refractivity contribution in [2.45, 2.75) is 64.9 Å². The first-order valence-electron chi connectivity index (χ1n) is 7.76. The molecule has 19 heavy (non-hydrogen) atoms. The molecule has 4 N–H and O–H groups in total. The lowest BCUT2D eigenvalue weighted by Gasteiger charge is -2.31. The summed E-state index contributed by atoms with van der Waals surface area (Å²) in [5, 5.41) is 13.1. The Balaban J connectivity index is 2.43. The fraction of sp³-hybridized carbons (Fsp3) is 0.933. The van der Waals surface area contributed by atoms with Crippen molar-refractivity contribution in [2.24, 2.45) is 17.1 Å². The first kappa shape index (κ1) is 16.4. The number of nitrogens with two attached hydrogens (primary N) is 1. The molecular formula is C15H30N2O2. The van der Waals surface area contributed by atoms with Crippen LogP contribution in [-0.4, -0.2) is 30.2 Å². The van der Waals surface area contributed by atoms with Crippen molar-refractivity contribution in [2.75, 3.05) is 13.1 Å². The fourth-order valence-corrected chi connectivity index (χ4v) is 3.02. The second-order valence-electron chi connectivity index (χ2n) is 5.87. The van der Waals surface area contributed by atoms with Crippen LogP contribution in [0.2, 0.25) is 0 Å². The van der Waals surface area contributed by atoms with Crippen LogP contribution in [-0.2, 0) is 4.79 Å². The minimum absolute atomic E-state index is 0.00476. The maximum absolute atomic E-state index is 12.2. The van der Waals surface area contributed by atoms with E-state index in [1.807, 2.05) is 13.8 Å². The average molecular weight is 270 g/mol. The molecule has 0 aliphatic heterocycles. The van der Waals surface area contributed by atoms with E-state index in [0.29, 0.717) is 19.0 Å². The highest BCUT2D eigenvalue weighted by Gasteiger charge is 2.33. The summed E-state index contributed by atoms with van der Waals surface area (Å²) in [5.41, 5.74) is 5.29. The minimum Gasteiger partial charge on any atom is -0.391 e. The van der Waals surface area contributed by atoms with Gasteiger partial charge in [-0.25, -0.2) is 0 Å². The molecule has 0 bridgehead atoms. The van der Waals surface area contributed by atoms with E-state index in [1.165, 1.54) is 19.3 Å². The van der Waals surface area contributed by atoms with Gasteiger partial charge in [0.2, 0.25) is 5.91 Å². The Morgan fingerprint density at radius 3 is 2.37 bits per heavy atom. The lowest BCUT2D eigenvalue weighted by molar-refractivity contribution is -0.131. The quantitative estimate of drug-likeness (QED) is 0.660. The van der Waals surface area contributed by atoms with Gasteiger partial charge in [-0.15, -0.1) is 0 Å². The van der Waals surface area contributed by atoms with Crippen molar-refractivity contribution in [1.29, 1.82) is 0 Å². The smallest absolute Gasteiger partial charge is 0.227 e. The molecule has 1 atom stereocenters. The average Bonchev–Trinajstić information content (AvgIpc) is 2.48. The SMILES string of the molecule is CCC(CC)(CN)C(=O)NCC(O)C1CCCCC1. The molecule has 1 saturated carbocycles. The topological polar surface area (TPSA) is 75.4 Å². The number of hydrogen-bond acceptors (Lipinski definition) is 3.